The number of thiazole rings is 1. The number of fused-ring (bicyclic) bond motifs is 1. The topological polar surface area (TPSA) is 82.0 Å². The highest BCUT2D eigenvalue weighted by atomic mass is 32.1. The smallest absolute Gasteiger partial charge is 0.254 e. The normalized spacial score (nSPS) is 11.1. The zero-order valence-electron chi connectivity index (χ0n) is 9.65. The summed E-state index contributed by atoms with van der Waals surface area (Å²) in [6.45, 7) is 0. The highest BCUT2D eigenvalue weighted by Crippen LogP contribution is 2.13. The van der Waals surface area contributed by atoms with Crippen molar-refractivity contribution in [2.24, 2.45) is 0 Å². The van der Waals surface area contributed by atoms with Gasteiger partial charge in [-0.3, -0.25) is 4.40 Å². The van der Waals surface area contributed by atoms with E-state index in [1.807, 2.05) is 22.0 Å². The summed E-state index contributed by atoms with van der Waals surface area (Å²) in [5.74, 6) is 1.58. The molecule has 3 rings (SSSR count). The van der Waals surface area contributed by atoms with Crippen molar-refractivity contribution >= 4 is 22.2 Å². The molecule has 0 aromatic carbocycles. The van der Waals surface area contributed by atoms with Crippen LogP contribution in [0.1, 0.15) is 17.9 Å². The minimum atomic E-state index is 0.627. The Balaban J connectivity index is 1.66. The largest absolute Gasteiger partial charge is 0.375 e. The fourth-order valence-electron chi connectivity index (χ4n) is 1.82. The summed E-state index contributed by atoms with van der Waals surface area (Å²) in [4.78, 5) is 8.37. The number of rotatable bonds is 4. The van der Waals surface area contributed by atoms with E-state index in [0.29, 0.717) is 10.9 Å². The Morgan fingerprint density at radius 2 is 2.22 bits per heavy atom. The van der Waals surface area contributed by atoms with Crippen LogP contribution in [0.4, 0.5) is 5.13 Å². The Bertz CT molecular complexity index is 658. The Kier molecular flexibility index (Phi) is 2.89. The maximum absolute atomic E-state index is 5.59. The fraction of sp³-hybridized carbons (Fsp3) is 0.273. The van der Waals surface area contributed by atoms with Crippen LogP contribution in [0.15, 0.2) is 23.8 Å². The van der Waals surface area contributed by atoms with Crippen LogP contribution in [-0.2, 0) is 12.8 Å². The van der Waals surface area contributed by atoms with Crippen molar-refractivity contribution in [3.05, 3.63) is 35.4 Å². The number of aromatic nitrogens is 5. The van der Waals surface area contributed by atoms with E-state index in [9.17, 15) is 0 Å². The van der Waals surface area contributed by atoms with Gasteiger partial charge in [0.15, 0.2) is 5.13 Å². The van der Waals surface area contributed by atoms with Crippen LogP contribution in [0.2, 0.25) is 0 Å². The molecular weight excluding hydrogens is 248 g/mol. The predicted octanol–water partition coefficient (Wildman–Crippen LogP) is 1.34. The number of nitrogens with zero attached hydrogens (tertiary/aromatic N) is 5. The molecule has 0 amide bonds. The molecule has 0 aliphatic carbocycles. The number of anilines is 1. The van der Waals surface area contributed by atoms with E-state index in [4.69, 9.17) is 5.73 Å². The molecule has 6 nitrogen and oxygen atoms in total. The summed E-state index contributed by atoms with van der Waals surface area (Å²) in [5, 5.41) is 10.8. The van der Waals surface area contributed by atoms with Gasteiger partial charge in [0.05, 0.1) is 5.69 Å². The lowest BCUT2D eigenvalue weighted by Gasteiger charge is -1.98. The first-order valence-electron chi connectivity index (χ1n) is 5.67. The van der Waals surface area contributed by atoms with Crippen LogP contribution in [0.5, 0.6) is 0 Å². The van der Waals surface area contributed by atoms with Crippen molar-refractivity contribution in [1.29, 1.82) is 0 Å². The second-order valence-electron chi connectivity index (χ2n) is 3.94. The molecule has 3 heterocycles. The van der Waals surface area contributed by atoms with Gasteiger partial charge >= 0.3 is 0 Å². The molecule has 0 saturated carbocycles. The quantitative estimate of drug-likeness (QED) is 0.765. The minimum Gasteiger partial charge on any atom is -0.375 e. The van der Waals surface area contributed by atoms with E-state index in [1.54, 1.807) is 6.20 Å². The molecule has 0 aliphatic rings. The SMILES string of the molecule is Nc1nc(CCCc2nnc3ncccn23)cs1. The molecule has 92 valence electrons. The highest BCUT2D eigenvalue weighted by molar-refractivity contribution is 7.13. The number of nitrogens with two attached hydrogens (primary N) is 1. The third-order valence-electron chi connectivity index (χ3n) is 2.66. The Morgan fingerprint density at radius 3 is 3.06 bits per heavy atom. The molecule has 0 bridgehead atoms. The van der Waals surface area contributed by atoms with Crippen LogP contribution in [0.3, 0.4) is 0 Å². The fourth-order valence-corrected chi connectivity index (χ4v) is 2.42. The first kappa shape index (κ1) is 11.1. The number of hydrogen-bond acceptors (Lipinski definition) is 6. The van der Waals surface area contributed by atoms with Crippen molar-refractivity contribution in [1.82, 2.24) is 24.6 Å². The summed E-state index contributed by atoms with van der Waals surface area (Å²) in [6.07, 6.45) is 6.37. The van der Waals surface area contributed by atoms with Gasteiger partial charge in [-0.1, -0.05) is 0 Å². The van der Waals surface area contributed by atoms with E-state index < -0.39 is 0 Å². The van der Waals surface area contributed by atoms with E-state index in [-0.39, 0.29) is 0 Å². The zero-order valence-corrected chi connectivity index (χ0v) is 10.5. The van der Waals surface area contributed by atoms with Gasteiger partial charge in [0.1, 0.15) is 5.82 Å². The summed E-state index contributed by atoms with van der Waals surface area (Å²) >= 11 is 1.48. The van der Waals surface area contributed by atoms with Crippen LogP contribution < -0.4 is 5.73 Å². The maximum atomic E-state index is 5.59. The molecule has 0 spiro atoms. The average molecular weight is 260 g/mol. The number of aryl methyl sites for hydroxylation is 2. The summed E-state index contributed by atoms with van der Waals surface area (Å²) in [6, 6.07) is 1.88. The van der Waals surface area contributed by atoms with Gasteiger partial charge in [-0.2, -0.15) is 0 Å². The van der Waals surface area contributed by atoms with E-state index in [0.717, 1.165) is 30.8 Å². The minimum absolute atomic E-state index is 0.627. The molecule has 0 fully saturated rings. The van der Waals surface area contributed by atoms with Crippen molar-refractivity contribution in [2.45, 2.75) is 19.3 Å². The number of nitrogen functional groups attached to an aromatic ring is 1. The van der Waals surface area contributed by atoms with Gasteiger partial charge in [-0.15, -0.1) is 21.5 Å². The average Bonchev–Trinajstić information content (AvgIpc) is 2.97. The molecule has 18 heavy (non-hydrogen) atoms. The van der Waals surface area contributed by atoms with Crippen molar-refractivity contribution in [3.8, 4) is 0 Å². The molecule has 0 aliphatic heterocycles. The molecule has 3 aromatic heterocycles. The van der Waals surface area contributed by atoms with Gasteiger partial charge in [-0.25, -0.2) is 9.97 Å². The maximum Gasteiger partial charge on any atom is 0.254 e. The second-order valence-corrected chi connectivity index (χ2v) is 4.83. The molecule has 7 heteroatoms. The van der Waals surface area contributed by atoms with Crippen molar-refractivity contribution in [2.75, 3.05) is 5.73 Å². The summed E-state index contributed by atoms with van der Waals surface area (Å²) < 4.78 is 1.91. The summed E-state index contributed by atoms with van der Waals surface area (Å²) in [7, 11) is 0. The van der Waals surface area contributed by atoms with E-state index in [1.165, 1.54) is 11.3 Å². The first-order valence-corrected chi connectivity index (χ1v) is 6.55. The van der Waals surface area contributed by atoms with Crippen LogP contribution in [0, 0.1) is 0 Å². The van der Waals surface area contributed by atoms with E-state index >= 15 is 0 Å². The van der Waals surface area contributed by atoms with Crippen LogP contribution in [-0.4, -0.2) is 24.6 Å². The molecule has 0 radical (unpaired) electrons. The van der Waals surface area contributed by atoms with Gasteiger partial charge < -0.3 is 5.73 Å². The molecule has 0 atom stereocenters. The molecule has 3 aromatic rings. The Hall–Kier alpha value is -2.02. The lowest BCUT2D eigenvalue weighted by Crippen LogP contribution is -1.97. The molecule has 0 unspecified atom stereocenters. The second kappa shape index (κ2) is 4.69. The third kappa shape index (κ3) is 2.17. The molecule has 2 N–H and O–H groups in total. The Labute approximate surface area is 108 Å². The monoisotopic (exact) mass is 260 g/mol. The lowest BCUT2D eigenvalue weighted by molar-refractivity contribution is 0.751. The van der Waals surface area contributed by atoms with Crippen LogP contribution in [0.25, 0.3) is 5.78 Å². The highest BCUT2D eigenvalue weighted by Gasteiger charge is 2.06. The van der Waals surface area contributed by atoms with Gasteiger partial charge in [-0.05, 0) is 18.9 Å². The molecule has 0 saturated heterocycles. The van der Waals surface area contributed by atoms with Crippen molar-refractivity contribution in [3.63, 3.8) is 0 Å². The predicted molar refractivity (Wildman–Crippen MR) is 69.3 cm³/mol. The van der Waals surface area contributed by atoms with Gasteiger partial charge in [0.2, 0.25) is 0 Å². The standard InChI is InChI=1S/C11H12N6S/c12-10-14-8(7-18-10)3-1-4-9-15-16-11-13-5-2-6-17(9)11/h2,5-7H,1,3-4H2,(H2,12,14). The Morgan fingerprint density at radius 1 is 1.28 bits per heavy atom. The first-order chi connectivity index (χ1) is 8.83. The van der Waals surface area contributed by atoms with E-state index in [2.05, 4.69) is 20.2 Å². The lowest BCUT2D eigenvalue weighted by atomic mass is 10.2. The third-order valence-corrected chi connectivity index (χ3v) is 3.39. The van der Waals surface area contributed by atoms with Crippen molar-refractivity contribution < 1.29 is 0 Å². The van der Waals surface area contributed by atoms with Gasteiger partial charge in [0.25, 0.3) is 5.78 Å². The summed E-state index contributed by atoms with van der Waals surface area (Å²) in [5.41, 5.74) is 6.64. The number of hydrogen-bond donors (Lipinski definition) is 1. The van der Waals surface area contributed by atoms with Crippen LogP contribution >= 0.6 is 11.3 Å². The zero-order chi connectivity index (χ0) is 12.4. The molecular formula is C11H12N6S. The van der Waals surface area contributed by atoms with Gasteiger partial charge in [0, 0.05) is 24.2 Å².